The molecular weight excluding hydrogens is 471 g/mol. The molecule has 7 nitrogen and oxygen atoms in total. The van der Waals surface area contributed by atoms with Crippen LogP contribution in [0.5, 0.6) is 23.5 Å². The Morgan fingerprint density at radius 3 is 1.53 bits per heavy atom. The fourth-order valence-corrected chi connectivity index (χ4v) is 5.97. The van der Waals surface area contributed by atoms with E-state index >= 15 is 0 Å². The Balaban J connectivity index is 1.66. The number of hydrogen-bond acceptors (Lipinski definition) is 7. The number of ether oxygens (including phenoxy) is 2. The first-order valence-corrected chi connectivity index (χ1v) is 13.0. The summed E-state index contributed by atoms with van der Waals surface area (Å²) in [6, 6.07) is 32.5. The predicted molar refractivity (Wildman–Crippen MR) is 141 cm³/mol. The minimum atomic E-state index is -3.50. The molecule has 0 saturated heterocycles. The molecule has 0 aliphatic carbocycles. The number of benzene rings is 4. The van der Waals surface area contributed by atoms with Gasteiger partial charge in [0.05, 0.1) is 0 Å². The van der Waals surface area contributed by atoms with E-state index in [9.17, 15) is 4.57 Å². The number of anilines is 1. The second-order valence-electron chi connectivity index (χ2n) is 8.07. The Bertz CT molecular complexity index is 1400. The molecule has 0 amide bonds. The van der Waals surface area contributed by atoms with Crippen LogP contribution in [-0.4, -0.2) is 15.0 Å². The predicted octanol–water partition coefficient (Wildman–Crippen LogP) is 4.99. The third kappa shape index (κ3) is 4.97. The molecule has 1 aromatic heterocycles. The van der Waals surface area contributed by atoms with Crippen LogP contribution in [-0.2, 0) is 4.57 Å². The van der Waals surface area contributed by atoms with Gasteiger partial charge in [0, 0.05) is 16.3 Å². The van der Waals surface area contributed by atoms with Crippen LogP contribution in [0, 0.1) is 6.92 Å². The molecule has 0 aliphatic rings. The monoisotopic (exact) mass is 494 g/mol. The second-order valence-corrected chi connectivity index (χ2v) is 10.7. The molecule has 4 aromatic carbocycles. The summed E-state index contributed by atoms with van der Waals surface area (Å²) >= 11 is 0. The van der Waals surface area contributed by atoms with Crippen molar-refractivity contribution in [2.75, 3.05) is 5.73 Å². The van der Waals surface area contributed by atoms with E-state index in [0.717, 1.165) is 5.56 Å². The highest BCUT2D eigenvalue weighted by Crippen LogP contribution is 2.41. The number of nitrogen functional groups attached to an aromatic ring is 1. The van der Waals surface area contributed by atoms with Crippen molar-refractivity contribution in [2.45, 2.75) is 6.92 Å². The van der Waals surface area contributed by atoms with Crippen LogP contribution in [0.25, 0.3) is 0 Å². The molecule has 5 rings (SSSR count). The lowest BCUT2D eigenvalue weighted by atomic mass is 10.2. The average Bonchev–Trinajstić information content (AvgIpc) is 2.92. The lowest BCUT2D eigenvalue weighted by Crippen LogP contribution is -2.30. The second kappa shape index (κ2) is 10.0. The Kier molecular flexibility index (Phi) is 6.48. The lowest BCUT2D eigenvalue weighted by molar-refractivity contribution is 0.400. The van der Waals surface area contributed by atoms with Gasteiger partial charge in [-0.25, -0.2) is 0 Å². The molecule has 178 valence electrons. The molecule has 0 unspecified atom stereocenters. The molecular formula is C28H23N4O3P. The van der Waals surface area contributed by atoms with E-state index in [1.807, 2.05) is 67.6 Å². The minimum absolute atomic E-state index is 0.0265. The molecule has 0 spiro atoms. The molecule has 5 aromatic rings. The van der Waals surface area contributed by atoms with Crippen LogP contribution in [0.2, 0.25) is 0 Å². The highest BCUT2D eigenvalue weighted by molar-refractivity contribution is 7.84. The maximum atomic E-state index is 14.8. The highest BCUT2D eigenvalue weighted by atomic mass is 31.2. The first-order chi connectivity index (χ1) is 17.5. The fraction of sp³-hybridized carbons (Fsp3) is 0.0357. The summed E-state index contributed by atoms with van der Waals surface area (Å²) in [6.07, 6.45) is 0. The van der Waals surface area contributed by atoms with Gasteiger partial charge in [0.2, 0.25) is 12.7 Å². The number of hydrogen-bond donors (Lipinski definition) is 1. The van der Waals surface area contributed by atoms with Gasteiger partial charge >= 0.3 is 12.0 Å². The molecule has 2 N–H and O–H groups in total. The number of nitrogens with zero attached hydrogens (tertiary/aromatic N) is 3. The van der Waals surface area contributed by atoms with Crippen LogP contribution in [0.15, 0.2) is 109 Å². The summed E-state index contributed by atoms with van der Waals surface area (Å²) in [5.74, 6) is 1.00. The standard InChI is InChI=1S/C28H23N4O3P/c1-20-12-16-22(17-13-20)34-26-30-27(35-23-18-14-21(29)15-19-23)32-28(31-26)36(33,24-8-4-2-5-9-24)25-10-6-3-7-11-25/h2-19H,29H2,1H3. The van der Waals surface area contributed by atoms with Gasteiger partial charge in [-0.3, -0.25) is 0 Å². The zero-order valence-electron chi connectivity index (χ0n) is 19.5. The topological polar surface area (TPSA) is 100 Å². The van der Waals surface area contributed by atoms with Crippen LogP contribution in [0.3, 0.4) is 0 Å². The summed E-state index contributed by atoms with van der Waals surface area (Å²) < 4.78 is 26.7. The van der Waals surface area contributed by atoms with Gasteiger partial charge in [0.1, 0.15) is 11.5 Å². The first-order valence-electron chi connectivity index (χ1n) is 11.3. The lowest BCUT2D eigenvalue weighted by Gasteiger charge is -2.19. The van der Waals surface area contributed by atoms with E-state index in [-0.39, 0.29) is 17.6 Å². The normalized spacial score (nSPS) is 11.1. The van der Waals surface area contributed by atoms with Crippen LogP contribution < -0.4 is 31.4 Å². The smallest absolute Gasteiger partial charge is 0.328 e. The number of rotatable bonds is 7. The van der Waals surface area contributed by atoms with E-state index < -0.39 is 7.14 Å². The van der Waals surface area contributed by atoms with Gasteiger partial charge in [-0.1, -0.05) is 78.4 Å². The Labute approximate surface area is 209 Å². The van der Waals surface area contributed by atoms with Crippen LogP contribution in [0.1, 0.15) is 5.56 Å². The fourth-order valence-electron chi connectivity index (χ4n) is 3.57. The average molecular weight is 494 g/mol. The molecule has 36 heavy (non-hydrogen) atoms. The van der Waals surface area contributed by atoms with E-state index in [1.54, 1.807) is 48.5 Å². The Morgan fingerprint density at radius 2 is 1.06 bits per heavy atom. The summed E-state index contributed by atoms with van der Waals surface area (Å²) in [6.45, 7) is 1.99. The molecule has 1 heterocycles. The summed E-state index contributed by atoms with van der Waals surface area (Å²) in [5, 5.41) is 1.17. The largest absolute Gasteiger partial charge is 0.424 e. The molecule has 0 bridgehead atoms. The first kappa shape index (κ1) is 23.3. The van der Waals surface area contributed by atoms with Crippen molar-refractivity contribution in [3.63, 3.8) is 0 Å². The van der Waals surface area contributed by atoms with Crippen molar-refractivity contribution in [2.24, 2.45) is 0 Å². The van der Waals surface area contributed by atoms with Gasteiger partial charge in [-0.05, 0) is 43.3 Å². The molecule has 0 saturated carbocycles. The minimum Gasteiger partial charge on any atom is -0.424 e. The van der Waals surface area contributed by atoms with Crippen molar-refractivity contribution < 1.29 is 14.0 Å². The van der Waals surface area contributed by atoms with Crippen molar-refractivity contribution in [3.05, 3.63) is 115 Å². The zero-order chi connectivity index (χ0) is 25.0. The summed E-state index contributed by atoms with van der Waals surface area (Å²) in [5.41, 5.74) is 7.54. The van der Waals surface area contributed by atoms with Crippen molar-refractivity contribution in [1.29, 1.82) is 0 Å². The maximum absolute atomic E-state index is 14.8. The third-order valence-electron chi connectivity index (χ3n) is 5.42. The van der Waals surface area contributed by atoms with Gasteiger partial charge in [-0.2, -0.15) is 9.97 Å². The van der Waals surface area contributed by atoms with Crippen LogP contribution >= 0.6 is 7.14 Å². The van der Waals surface area contributed by atoms with E-state index in [1.165, 1.54) is 0 Å². The van der Waals surface area contributed by atoms with Gasteiger partial charge in [0.15, 0.2) is 0 Å². The number of aryl methyl sites for hydroxylation is 1. The van der Waals surface area contributed by atoms with Crippen molar-refractivity contribution in [3.8, 4) is 23.5 Å². The molecule has 0 radical (unpaired) electrons. The van der Waals surface area contributed by atoms with Crippen molar-refractivity contribution in [1.82, 2.24) is 15.0 Å². The molecule has 0 aliphatic heterocycles. The summed E-state index contributed by atoms with van der Waals surface area (Å²) in [7, 11) is -3.50. The summed E-state index contributed by atoms with van der Waals surface area (Å²) in [4.78, 5) is 13.4. The Hall–Kier alpha value is -4.48. The number of nitrogens with two attached hydrogens (primary N) is 1. The quantitative estimate of drug-likeness (QED) is 0.251. The Morgan fingerprint density at radius 1 is 0.611 bits per heavy atom. The van der Waals surface area contributed by atoms with E-state index in [0.29, 0.717) is 27.8 Å². The molecule has 0 fully saturated rings. The molecule has 8 heteroatoms. The third-order valence-corrected chi connectivity index (χ3v) is 8.24. The molecule has 0 atom stereocenters. The van der Waals surface area contributed by atoms with Crippen molar-refractivity contribution >= 4 is 29.0 Å². The van der Waals surface area contributed by atoms with Gasteiger partial charge in [-0.15, -0.1) is 4.98 Å². The SMILES string of the molecule is Cc1ccc(Oc2nc(Oc3ccc(N)cc3)nc(P(=O)(c3ccccc3)c3ccccc3)n2)cc1. The van der Waals surface area contributed by atoms with Gasteiger partial charge < -0.3 is 19.8 Å². The van der Waals surface area contributed by atoms with E-state index in [2.05, 4.69) is 15.0 Å². The zero-order valence-corrected chi connectivity index (χ0v) is 20.4. The van der Waals surface area contributed by atoms with E-state index in [4.69, 9.17) is 15.2 Å². The maximum Gasteiger partial charge on any atom is 0.328 e. The van der Waals surface area contributed by atoms with Gasteiger partial charge in [0.25, 0.3) is 0 Å². The number of aromatic nitrogens is 3. The highest BCUT2D eigenvalue weighted by Gasteiger charge is 2.34. The van der Waals surface area contributed by atoms with Crippen LogP contribution in [0.4, 0.5) is 5.69 Å².